The van der Waals surface area contributed by atoms with Crippen LogP contribution in [0.1, 0.15) is 0 Å². The maximum absolute atomic E-state index is 13.7. The van der Waals surface area contributed by atoms with Crippen LogP contribution in [0.2, 0.25) is 5.02 Å². The van der Waals surface area contributed by atoms with E-state index in [1.54, 1.807) is 0 Å². The first-order valence-corrected chi connectivity index (χ1v) is 5.85. The van der Waals surface area contributed by atoms with Crippen LogP contribution in [-0.4, -0.2) is 4.92 Å². The van der Waals surface area contributed by atoms with E-state index >= 15 is 0 Å². The van der Waals surface area contributed by atoms with E-state index in [1.807, 2.05) is 0 Å². The number of nitrogens with one attached hydrogen (secondary N) is 2. The molecule has 2 rings (SSSR count). The zero-order valence-electron chi connectivity index (χ0n) is 10.1. The number of nitrogens with zero attached hydrogens (tertiary/aromatic N) is 1. The van der Waals surface area contributed by atoms with Gasteiger partial charge in [0.25, 0.3) is 5.69 Å². The smallest absolute Gasteiger partial charge is 0.273 e. The van der Waals surface area contributed by atoms with Gasteiger partial charge in [-0.2, -0.15) is 0 Å². The van der Waals surface area contributed by atoms with Gasteiger partial charge in [0, 0.05) is 22.8 Å². The first kappa shape index (κ1) is 14.0. The molecule has 0 saturated carbocycles. The van der Waals surface area contributed by atoms with Crippen LogP contribution >= 0.6 is 11.6 Å². The van der Waals surface area contributed by atoms with Crippen LogP contribution in [0.3, 0.4) is 0 Å². The fourth-order valence-corrected chi connectivity index (χ4v) is 1.78. The molecule has 0 aliphatic heterocycles. The molecule has 8 heteroatoms. The highest BCUT2D eigenvalue weighted by Gasteiger charge is 2.11. The van der Waals surface area contributed by atoms with Crippen LogP contribution in [0.25, 0.3) is 0 Å². The summed E-state index contributed by atoms with van der Waals surface area (Å²) in [5.74, 6) is 4.68. The van der Waals surface area contributed by atoms with Crippen molar-refractivity contribution in [3.05, 3.63) is 57.4 Å². The van der Waals surface area contributed by atoms with Crippen molar-refractivity contribution >= 4 is 34.4 Å². The minimum atomic E-state index is -0.565. The van der Waals surface area contributed by atoms with Crippen molar-refractivity contribution in [2.45, 2.75) is 0 Å². The minimum absolute atomic E-state index is 0.151. The molecule has 0 amide bonds. The zero-order valence-corrected chi connectivity index (χ0v) is 10.8. The number of halogens is 2. The Morgan fingerprint density at radius 2 is 1.90 bits per heavy atom. The lowest BCUT2D eigenvalue weighted by Gasteiger charge is -2.09. The van der Waals surface area contributed by atoms with Gasteiger partial charge in [-0.25, -0.2) is 4.39 Å². The van der Waals surface area contributed by atoms with E-state index < -0.39 is 10.7 Å². The molecule has 0 heterocycles. The van der Waals surface area contributed by atoms with Crippen molar-refractivity contribution in [2.75, 3.05) is 10.7 Å². The van der Waals surface area contributed by atoms with Gasteiger partial charge in [0.15, 0.2) is 0 Å². The van der Waals surface area contributed by atoms with Gasteiger partial charge < -0.3 is 10.7 Å². The van der Waals surface area contributed by atoms with Crippen LogP contribution in [0.5, 0.6) is 0 Å². The summed E-state index contributed by atoms with van der Waals surface area (Å²) in [6.45, 7) is 0. The van der Waals surface area contributed by atoms with E-state index in [-0.39, 0.29) is 16.4 Å². The van der Waals surface area contributed by atoms with Gasteiger partial charge in [0.05, 0.1) is 16.3 Å². The summed E-state index contributed by atoms with van der Waals surface area (Å²) in [5.41, 5.74) is 2.95. The molecule has 0 atom stereocenters. The molecular formula is C12H10ClFN4O2. The maximum Gasteiger partial charge on any atom is 0.273 e. The van der Waals surface area contributed by atoms with Crippen molar-refractivity contribution in [2.24, 2.45) is 5.84 Å². The summed E-state index contributed by atoms with van der Waals surface area (Å²) in [4.78, 5) is 10.2. The molecule has 0 saturated heterocycles. The Labute approximate surface area is 118 Å². The summed E-state index contributed by atoms with van der Waals surface area (Å²) in [6, 6.07) is 8.14. The number of rotatable bonds is 4. The molecule has 20 heavy (non-hydrogen) atoms. The fourth-order valence-electron chi connectivity index (χ4n) is 1.62. The second-order valence-corrected chi connectivity index (χ2v) is 4.36. The number of non-ortho nitro benzene ring substituents is 1. The van der Waals surface area contributed by atoms with Crippen molar-refractivity contribution in [3.63, 3.8) is 0 Å². The maximum atomic E-state index is 13.7. The predicted octanol–water partition coefficient (Wildman–Crippen LogP) is 3.42. The summed E-state index contributed by atoms with van der Waals surface area (Å²) >= 11 is 5.65. The van der Waals surface area contributed by atoms with Crippen LogP contribution in [0.15, 0.2) is 36.4 Å². The highest BCUT2D eigenvalue weighted by Crippen LogP contribution is 2.28. The van der Waals surface area contributed by atoms with Crippen molar-refractivity contribution in [1.82, 2.24) is 0 Å². The Morgan fingerprint density at radius 1 is 1.20 bits per heavy atom. The lowest BCUT2D eigenvalue weighted by Crippen LogP contribution is -2.07. The first-order valence-electron chi connectivity index (χ1n) is 5.48. The summed E-state index contributed by atoms with van der Waals surface area (Å²) < 4.78 is 13.7. The van der Waals surface area contributed by atoms with E-state index in [0.717, 1.165) is 6.07 Å². The molecule has 0 fully saturated rings. The van der Waals surface area contributed by atoms with E-state index in [4.69, 9.17) is 17.4 Å². The molecule has 0 spiro atoms. The van der Waals surface area contributed by atoms with Gasteiger partial charge in [-0.05, 0) is 24.3 Å². The molecule has 0 radical (unpaired) electrons. The van der Waals surface area contributed by atoms with Crippen molar-refractivity contribution in [1.29, 1.82) is 0 Å². The Hall–Kier alpha value is -2.38. The number of benzene rings is 2. The molecule has 4 N–H and O–H groups in total. The van der Waals surface area contributed by atoms with Gasteiger partial charge in [-0.1, -0.05) is 11.6 Å². The number of nitro benzene ring substituents is 1. The highest BCUT2D eigenvalue weighted by molar-refractivity contribution is 6.30. The number of hydrogen-bond acceptors (Lipinski definition) is 5. The van der Waals surface area contributed by atoms with E-state index in [1.165, 1.54) is 30.3 Å². The van der Waals surface area contributed by atoms with Gasteiger partial charge in [0.2, 0.25) is 0 Å². The third kappa shape index (κ3) is 3.14. The number of hydrazine groups is 1. The highest BCUT2D eigenvalue weighted by atomic mass is 35.5. The predicted molar refractivity (Wildman–Crippen MR) is 75.6 cm³/mol. The molecular weight excluding hydrogens is 287 g/mol. The van der Waals surface area contributed by atoms with Gasteiger partial charge in [-0.15, -0.1) is 0 Å². The normalized spacial score (nSPS) is 10.2. The first-order chi connectivity index (χ1) is 9.49. The van der Waals surface area contributed by atoms with Crippen LogP contribution < -0.4 is 16.6 Å². The van der Waals surface area contributed by atoms with Crippen LogP contribution in [0.4, 0.5) is 27.1 Å². The second kappa shape index (κ2) is 5.72. The number of nitro groups is 1. The number of anilines is 3. The third-order valence-corrected chi connectivity index (χ3v) is 2.74. The molecule has 0 bridgehead atoms. The summed E-state index contributed by atoms with van der Waals surface area (Å²) in [6.07, 6.45) is 0. The lowest BCUT2D eigenvalue weighted by molar-refractivity contribution is -0.384. The molecule has 2 aromatic rings. The quantitative estimate of drug-likeness (QED) is 0.456. The summed E-state index contributed by atoms with van der Waals surface area (Å²) in [7, 11) is 0. The average molecular weight is 297 g/mol. The van der Waals surface area contributed by atoms with E-state index in [9.17, 15) is 14.5 Å². The number of nitrogens with two attached hydrogens (primary N) is 1. The van der Waals surface area contributed by atoms with Gasteiger partial charge >= 0.3 is 0 Å². The monoisotopic (exact) mass is 296 g/mol. The molecule has 0 aliphatic rings. The Balaban J connectivity index is 2.37. The van der Waals surface area contributed by atoms with Crippen LogP contribution in [0, 0.1) is 15.9 Å². The number of nitrogen functional groups attached to an aromatic ring is 1. The third-order valence-electron chi connectivity index (χ3n) is 2.51. The Morgan fingerprint density at radius 3 is 2.50 bits per heavy atom. The van der Waals surface area contributed by atoms with Crippen molar-refractivity contribution < 1.29 is 9.31 Å². The van der Waals surface area contributed by atoms with Crippen molar-refractivity contribution in [3.8, 4) is 0 Å². The standard InChI is InChI=1S/C12H10ClFN4O2/c13-7-1-2-12(11(14)3-7)16-8-4-9(17-15)6-10(5-8)18(19)20/h1-6,16-17H,15H2. The molecule has 0 aliphatic carbocycles. The zero-order chi connectivity index (χ0) is 14.7. The SMILES string of the molecule is NNc1cc(Nc2ccc(Cl)cc2F)cc([N+](=O)[O-])c1. The average Bonchev–Trinajstić information content (AvgIpc) is 2.41. The second-order valence-electron chi connectivity index (χ2n) is 3.92. The molecule has 0 aromatic heterocycles. The fraction of sp³-hybridized carbons (Fsp3) is 0. The van der Waals surface area contributed by atoms with Crippen LogP contribution in [-0.2, 0) is 0 Å². The molecule has 0 unspecified atom stereocenters. The van der Waals surface area contributed by atoms with Gasteiger partial charge in [0.1, 0.15) is 5.82 Å². The van der Waals surface area contributed by atoms with E-state index in [2.05, 4.69) is 10.7 Å². The number of hydrogen-bond donors (Lipinski definition) is 3. The Kier molecular flexibility index (Phi) is 4.02. The van der Waals surface area contributed by atoms with E-state index in [0.29, 0.717) is 11.4 Å². The largest absolute Gasteiger partial charge is 0.353 e. The molecule has 2 aromatic carbocycles. The molecule has 104 valence electrons. The summed E-state index contributed by atoms with van der Waals surface area (Å²) in [5, 5.41) is 13.8. The van der Waals surface area contributed by atoms with Gasteiger partial charge in [-0.3, -0.25) is 16.0 Å². The minimum Gasteiger partial charge on any atom is -0.353 e. The molecule has 6 nitrogen and oxygen atoms in total. The topological polar surface area (TPSA) is 93.2 Å². The lowest BCUT2D eigenvalue weighted by atomic mass is 10.2. The Bertz CT molecular complexity index is 666.